The van der Waals surface area contributed by atoms with E-state index in [0.717, 1.165) is 43.1 Å². The third-order valence-corrected chi connectivity index (χ3v) is 3.74. The second-order valence-corrected chi connectivity index (χ2v) is 5.51. The van der Waals surface area contributed by atoms with Crippen LogP contribution in [0.4, 0.5) is 11.8 Å². The number of nitrogens with one attached hydrogen (secondary N) is 2. The van der Waals surface area contributed by atoms with Crippen molar-refractivity contribution in [2.24, 2.45) is 0 Å². The summed E-state index contributed by atoms with van der Waals surface area (Å²) in [5.74, 6) is 1.40. The Hall–Kier alpha value is -2.40. The maximum absolute atomic E-state index is 5.65. The Morgan fingerprint density at radius 1 is 1.22 bits per heavy atom. The average molecular weight is 310 g/mol. The lowest BCUT2D eigenvalue weighted by molar-refractivity contribution is 0.120. The minimum Gasteiger partial charge on any atom is -0.376 e. The molecule has 5 nitrogen and oxygen atoms in total. The Bertz CT molecular complexity index is 639. The summed E-state index contributed by atoms with van der Waals surface area (Å²) in [5.41, 5.74) is 1.96. The number of benzene rings is 1. The van der Waals surface area contributed by atoms with Crippen LogP contribution >= 0.6 is 0 Å². The standard InChI is InChI=1S/C18H22N4O/c1-2-10-19-18-21-16(14-7-4-3-5-8-14)12-17(22-18)20-13-15-9-6-11-23-15/h2-5,7-8,12,15H,1,6,9-11,13H2,(H2,19,20,21,22). The molecule has 2 heterocycles. The lowest BCUT2D eigenvalue weighted by atomic mass is 10.1. The van der Waals surface area contributed by atoms with E-state index < -0.39 is 0 Å². The summed E-state index contributed by atoms with van der Waals surface area (Å²) >= 11 is 0. The normalized spacial score (nSPS) is 17.0. The first-order valence-corrected chi connectivity index (χ1v) is 8.00. The molecule has 1 aromatic heterocycles. The van der Waals surface area contributed by atoms with Gasteiger partial charge < -0.3 is 15.4 Å². The molecule has 3 rings (SSSR count). The molecule has 2 N–H and O–H groups in total. The maximum Gasteiger partial charge on any atom is 0.225 e. The van der Waals surface area contributed by atoms with Gasteiger partial charge in [-0.1, -0.05) is 36.4 Å². The first kappa shape index (κ1) is 15.5. The lowest BCUT2D eigenvalue weighted by Gasteiger charge is -2.13. The van der Waals surface area contributed by atoms with Gasteiger partial charge in [-0.15, -0.1) is 6.58 Å². The Balaban J connectivity index is 1.80. The molecule has 0 aliphatic carbocycles. The van der Waals surface area contributed by atoms with E-state index in [2.05, 4.69) is 27.2 Å². The van der Waals surface area contributed by atoms with Crippen molar-refractivity contribution in [2.75, 3.05) is 30.3 Å². The maximum atomic E-state index is 5.65. The van der Waals surface area contributed by atoms with Gasteiger partial charge in [-0.2, -0.15) is 4.98 Å². The number of aromatic nitrogens is 2. The fourth-order valence-electron chi connectivity index (χ4n) is 2.56. The van der Waals surface area contributed by atoms with Crippen LogP contribution in [0.5, 0.6) is 0 Å². The van der Waals surface area contributed by atoms with Gasteiger partial charge in [-0.25, -0.2) is 4.98 Å². The van der Waals surface area contributed by atoms with Crippen LogP contribution in [0.25, 0.3) is 11.3 Å². The summed E-state index contributed by atoms with van der Waals surface area (Å²) in [7, 11) is 0. The molecule has 0 amide bonds. The van der Waals surface area contributed by atoms with E-state index >= 15 is 0 Å². The third kappa shape index (κ3) is 4.29. The zero-order chi connectivity index (χ0) is 15.9. The van der Waals surface area contributed by atoms with E-state index in [1.807, 2.05) is 36.4 Å². The zero-order valence-electron chi connectivity index (χ0n) is 13.2. The van der Waals surface area contributed by atoms with Crippen molar-refractivity contribution in [3.8, 4) is 11.3 Å². The molecule has 1 atom stereocenters. The van der Waals surface area contributed by atoms with Crippen LogP contribution in [0, 0.1) is 0 Å². The van der Waals surface area contributed by atoms with Crippen molar-refractivity contribution in [2.45, 2.75) is 18.9 Å². The molecule has 120 valence electrons. The summed E-state index contributed by atoms with van der Waals surface area (Å²) in [5, 5.41) is 6.53. The van der Waals surface area contributed by atoms with Crippen molar-refractivity contribution >= 4 is 11.8 Å². The molecule has 1 aliphatic rings. The van der Waals surface area contributed by atoms with E-state index in [0.29, 0.717) is 12.5 Å². The molecule has 1 fully saturated rings. The van der Waals surface area contributed by atoms with E-state index in [4.69, 9.17) is 4.74 Å². The van der Waals surface area contributed by atoms with Gasteiger partial charge in [-0.3, -0.25) is 0 Å². The summed E-state index contributed by atoms with van der Waals surface area (Å²) in [6.45, 7) is 5.97. The fraction of sp³-hybridized carbons (Fsp3) is 0.333. The summed E-state index contributed by atoms with van der Waals surface area (Å²) < 4.78 is 5.65. The molecule has 0 bridgehead atoms. The lowest BCUT2D eigenvalue weighted by Crippen LogP contribution is -2.19. The first-order valence-electron chi connectivity index (χ1n) is 8.00. The van der Waals surface area contributed by atoms with Crippen LogP contribution in [0.2, 0.25) is 0 Å². The number of rotatable bonds is 7. The Morgan fingerprint density at radius 3 is 2.83 bits per heavy atom. The highest BCUT2D eigenvalue weighted by atomic mass is 16.5. The van der Waals surface area contributed by atoms with Gasteiger partial charge >= 0.3 is 0 Å². The number of ether oxygens (including phenoxy) is 1. The molecule has 1 unspecified atom stereocenters. The van der Waals surface area contributed by atoms with Crippen molar-refractivity contribution in [1.29, 1.82) is 0 Å². The largest absolute Gasteiger partial charge is 0.376 e. The van der Waals surface area contributed by atoms with E-state index in [-0.39, 0.29) is 6.10 Å². The molecule has 1 saturated heterocycles. The number of hydrogen-bond donors (Lipinski definition) is 2. The Morgan fingerprint density at radius 2 is 2.09 bits per heavy atom. The predicted octanol–water partition coefficient (Wildman–Crippen LogP) is 3.33. The fourth-order valence-corrected chi connectivity index (χ4v) is 2.56. The van der Waals surface area contributed by atoms with Crippen molar-refractivity contribution in [1.82, 2.24) is 9.97 Å². The van der Waals surface area contributed by atoms with Crippen LogP contribution in [0.1, 0.15) is 12.8 Å². The number of nitrogens with zero attached hydrogens (tertiary/aromatic N) is 2. The highest BCUT2D eigenvalue weighted by Crippen LogP contribution is 2.22. The van der Waals surface area contributed by atoms with Crippen LogP contribution < -0.4 is 10.6 Å². The predicted molar refractivity (Wildman–Crippen MR) is 93.6 cm³/mol. The molecule has 23 heavy (non-hydrogen) atoms. The van der Waals surface area contributed by atoms with Gasteiger partial charge in [-0.05, 0) is 12.8 Å². The van der Waals surface area contributed by atoms with Crippen LogP contribution in [-0.4, -0.2) is 35.8 Å². The molecule has 5 heteroatoms. The quantitative estimate of drug-likeness (QED) is 0.768. The van der Waals surface area contributed by atoms with Crippen molar-refractivity contribution in [3.63, 3.8) is 0 Å². The van der Waals surface area contributed by atoms with Gasteiger partial charge in [0.2, 0.25) is 5.95 Å². The zero-order valence-corrected chi connectivity index (χ0v) is 13.2. The minimum absolute atomic E-state index is 0.273. The average Bonchev–Trinajstić information content (AvgIpc) is 3.12. The molecule has 2 aromatic rings. The summed E-state index contributed by atoms with van der Waals surface area (Å²) in [4.78, 5) is 9.10. The third-order valence-electron chi connectivity index (χ3n) is 3.74. The highest BCUT2D eigenvalue weighted by molar-refractivity contribution is 5.64. The molecule has 0 saturated carbocycles. The second-order valence-electron chi connectivity index (χ2n) is 5.51. The first-order chi connectivity index (χ1) is 11.3. The summed E-state index contributed by atoms with van der Waals surface area (Å²) in [6.07, 6.45) is 4.30. The topological polar surface area (TPSA) is 59.1 Å². The van der Waals surface area contributed by atoms with E-state index in [1.54, 1.807) is 6.08 Å². The van der Waals surface area contributed by atoms with Crippen molar-refractivity contribution < 1.29 is 4.74 Å². The van der Waals surface area contributed by atoms with Gasteiger partial charge in [0, 0.05) is 31.3 Å². The van der Waals surface area contributed by atoms with Gasteiger partial charge in [0.1, 0.15) is 5.82 Å². The second kappa shape index (κ2) is 7.74. The van der Waals surface area contributed by atoms with E-state index in [9.17, 15) is 0 Å². The Labute approximate surface area is 136 Å². The molecule has 1 aliphatic heterocycles. The minimum atomic E-state index is 0.273. The van der Waals surface area contributed by atoms with E-state index in [1.165, 1.54) is 0 Å². The van der Waals surface area contributed by atoms with Gasteiger partial charge in [0.15, 0.2) is 0 Å². The molecule has 0 spiro atoms. The molecule has 1 aromatic carbocycles. The Kier molecular flexibility index (Phi) is 5.21. The monoisotopic (exact) mass is 310 g/mol. The van der Waals surface area contributed by atoms with Crippen LogP contribution in [0.15, 0.2) is 49.1 Å². The molecular formula is C18H22N4O. The number of hydrogen-bond acceptors (Lipinski definition) is 5. The smallest absolute Gasteiger partial charge is 0.225 e. The van der Waals surface area contributed by atoms with Crippen molar-refractivity contribution in [3.05, 3.63) is 49.1 Å². The van der Waals surface area contributed by atoms with Gasteiger partial charge in [0.25, 0.3) is 0 Å². The summed E-state index contributed by atoms with van der Waals surface area (Å²) in [6, 6.07) is 12.1. The SMILES string of the molecule is C=CCNc1nc(NCC2CCCO2)cc(-c2ccccc2)n1. The number of anilines is 2. The molecule has 0 radical (unpaired) electrons. The highest BCUT2D eigenvalue weighted by Gasteiger charge is 2.15. The van der Waals surface area contributed by atoms with Gasteiger partial charge in [0.05, 0.1) is 11.8 Å². The van der Waals surface area contributed by atoms with Crippen LogP contribution in [-0.2, 0) is 4.74 Å². The molecular weight excluding hydrogens is 288 g/mol. The van der Waals surface area contributed by atoms with Crippen LogP contribution in [0.3, 0.4) is 0 Å².